The van der Waals surface area contributed by atoms with Gasteiger partial charge in [-0.3, -0.25) is 4.79 Å². The van der Waals surface area contributed by atoms with Crippen molar-refractivity contribution >= 4 is 5.97 Å². The number of hydrogen-bond acceptors (Lipinski definition) is 4. The zero-order chi connectivity index (χ0) is 10.4. The fraction of sp³-hybridized carbons (Fsp3) is 0.750. The fourth-order valence-electron chi connectivity index (χ4n) is 1.10. The van der Waals surface area contributed by atoms with Gasteiger partial charge in [0, 0.05) is 13.0 Å². The lowest BCUT2D eigenvalue weighted by Crippen LogP contribution is -2.08. The van der Waals surface area contributed by atoms with E-state index in [4.69, 9.17) is 5.11 Å². The van der Waals surface area contributed by atoms with Crippen LogP contribution >= 0.6 is 0 Å². The van der Waals surface area contributed by atoms with E-state index in [1.807, 2.05) is 0 Å². The Labute approximate surface area is 81.9 Å². The second-order valence-corrected chi connectivity index (χ2v) is 3.07. The van der Waals surface area contributed by atoms with Crippen molar-refractivity contribution in [3.05, 3.63) is 5.82 Å². The summed E-state index contributed by atoms with van der Waals surface area (Å²) >= 11 is 0. The van der Waals surface area contributed by atoms with Gasteiger partial charge in [0.15, 0.2) is 5.82 Å². The third kappa shape index (κ3) is 3.12. The molecule has 0 atom stereocenters. The Morgan fingerprint density at radius 3 is 3.00 bits per heavy atom. The van der Waals surface area contributed by atoms with Crippen LogP contribution in [0.5, 0.6) is 0 Å². The van der Waals surface area contributed by atoms with Crippen LogP contribution in [0.4, 0.5) is 0 Å². The maximum Gasteiger partial charge on any atom is 0.303 e. The largest absolute Gasteiger partial charge is 0.481 e. The van der Waals surface area contributed by atoms with Crippen LogP contribution in [0.1, 0.15) is 32.0 Å². The summed E-state index contributed by atoms with van der Waals surface area (Å²) < 4.78 is 1.67. The zero-order valence-corrected chi connectivity index (χ0v) is 8.18. The van der Waals surface area contributed by atoms with E-state index >= 15 is 0 Å². The molecule has 1 heterocycles. The average Bonchev–Trinajstić information content (AvgIpc) is 2.58. The lowest BCUT2D eigenvalue weighted by Gasteiger charge is -2.01. The second kappa shape index (κ2) is 5.31. The molecular weight excluding hydrogens is 184 g/mol. The molecule has 14 heavy (non-hydrogen) atoms. The van der Waals surface area contributed by atoms with E-state index in [0.717, 1.165) is 19.4 Å². The number of carboxylic acids is 1. The van der Waals surface area contributed by atoms with Gasteiger partial charge in [-0.1, -0.05) is 13.3 Å². The first-order chi connectivity index (χ1) is 6.74. The molecule has 0 aliphatic rings. The van der Waals surface area contributed by atoms with Crippen molar-refractivity contribution < 1.29 is 9.90 Å². The Bertz CT molecular complexity index is 297. The number of rotatable bonds is 6. The quantitative estimate of drug-likeness (QED) is 0.719. The van der Waals surface area contributed by atoms with Crippen LogP contribution in [-0.2, 0) is 17.8 Å². The topological polar surface area (TPSA) is 80.9 Å². The minimum Gasteiger partial charge on any atom is -0.481 e. The van der Waals surface area contributed by atoms with E-state index in [0.29, 0.717) is 12.2 Å². The molecule has 0 aromatic carbocycles. The third-order valence-corrected chi connectivity index (χ3v) is 1.89. The minimum absolute atomic E-state index is 0.0759. The molecule has 0 unspecified atom stereocenters. The van der Waals surface area contributed by atoms with Gasteiger partial charge in [-0.25, -0.2) is 4.68 Å². The average molecular weight is 198 g/mol. The molecule has 1 aromatic heterocycles. The van der Waals surface area contributed by atoms with Gasteiger partial charge in [0.05, 0.1) is 6.42 Å². The van der Waals surface area contributed by atoms with E-state index in [2.05, 4.69) is 22.4 Å². The van der Waals surface area contributed by atoms with Crippen LogP contribution in [0.15, 0.2) is 0 Å². The van der Waals surface area contributed by atoms with E-state index < -0.39 is 5.97 Å². The number of aryl methyl sites for hydroxylation is 2. The van der Waals surface area contributed by atoms with Crippen LogP contribution in [0.25, 0.3) is 0 Å². The van der Waals surface area contributed by atoms with Gasteiger partial charge in [-0.05, 0) is 16.8 Å². The number of tetrazole rings is 1. The second-order valence-electron chi connectivity index (χ2n) is 3.07. The Hall–Kier alpha value is -1.46. The number of unbranched alkanes of at least 4 members (excludes halogenated alkanes) is 1. The lowest BCUT2D eigenvalue weighted by atomic mass is 10.3. The summed E-state index contributed by atoms with van der Waals surface area (Å²) in [5.41, 5.74) is 0. The molecule has 0 aliphatic carbocycles. The van der Waals surface area contributed by atoms with E-state index in [-0.39, 0.29) is 6.42 Å². The van der Waals surface area contributed by atoms with Crippen LogP contribution in [0.3, 0.4) is 0 Å². The first-order valence-corrected chi connectivity index (χ1v) is 4.71. The van der Waals surface area contributed by atoms with Crippen LogP contribution in [0, 0.1) is 0 Å². The normalized spacial score (nSPS) is 10.4. The Kier molecular flexibility index (Phi) is 4.03. The van der Waals surface area contributed by atoms with Gasteiger partial charge in [0.25, 0.3) is 0 Å². The van der Waals surface area contributed by atoms with E-state index in [1.165, 1.54) is 0 Å². The van der Waals surface area contributed by atoms with Gasteiger partial charge in [0.1, 0.15) is 0 Å². The standard InChI is InChI=1S/C8H14N4O2/c1-2-3-6-12-7(9-10-11-12)4-5-8(13)14/h2-6H2,1H3,(H,13,14). The van der Waals surface area contributed by atoms with Crippen molar-refractivity contribution in [2.75, 3.05) is 0 Å². The molecular formula is C8H14N4O2. The summed E-state index contributed by atoms with van der Waals surface area (Å²) in [6.07, 6.45) is 2.54. The number of nitrogens with zero attached hydrogens (tertiary/aromatic N) is 4. The van der Waals surface area contributed by atoms with Crippen LogP contribution < -0.4 is 0 Å². The summed E-state index contributed by atoms with van der Waals surface area (Å²) in [6.45, 7) is 2.85. The number of aromatic nitrogens is 4. The number of hydrogen-bond donors (Lipinski definition) is 1. The summed E-state index contributed by atoms with van der Waals surface area (Å²) in [4.78, 5) is 10.3. The van der Waals surface area contributed by atoms with Crippen molar-refractivity contribution in [3.63, 3.8) is 0 Å². The number of carboxylic acid groups (broad SMARTS) is 1. The zero-order valence-electron chi connectivity index (χ0n) is 8.18. The predicted molar refractivity (Wildman–Crippen MR) is 48.7 cm³/mol. The van der Waals surface area contributed by atoms with Gasteiger partial charge in [-0.15, -0.1) is 5.10 Å². The van der Waals surface area contributed by atoms with Crippen molar-refractivity contribution in [1.29, 1.82) is 0 Å². The van der Waals surface area contributed by atoms with Gasteiger partial charge in [-0.2, -0.15) is 0 Å². The molecule has 1 aromatic rings. The summed E-state index contributed by atoms with van der Waals surface area (Å²) in [5.74, 6) is -0.170. The van der Waals surface area contributed by atoms with Crippen molar-refractivity contribution in [2.24, 2.45) is 0 Å². The molecule has 0 bridgehead atoms. The molecule has 0 saturated carbocycles. The molecule has 0 radical (unpaired) electrons. The Morgan fingerprint density at radius 2 is 2.36 bits per heavy atom. The molecule has 6 heteroatoms. The summed E-state index contributed by atoms with van der Waals surface area (Å²) in [6, 6.07) is 0. The first-order valence-electron chi connectivity index (χ1n) is 4.71. The fourth-order valence-corrected chi connectivity index (χ4v) is 1.10. The van der Waals surface area contributed by atoms with Crippen LogP contribution in [0.2, 0.25) is 0 Å². The first kappa shape index (κ1) is 10.6. The van der Waals surface area contributed by atoms with Gasteiger partial charge in [0.2, 0.25) is 0 Å². The molecule has 0 aliphatic heterocycles. The van der Waals surface area contributed by atoms with E-state index in [9.17, 15) is 4.79 Å². The molecule has 6 nitrogen and oxygen atoms in total. The Morgan fingerprint density at radius 1 is 1.57 bits per heavy atom. The lowest BCUT2D eigenvalue weighted by molar-refractivity contribution is -0.137. The maximum atomic E-state index is 10.3. The molecule has 1 N–H and O–H groups in total. The van der Waals surface area contributed by atoms with Crippen molar-refractivity contribution in [1.82, 2.24) is 20.2 Å². The van der Waals surface area contributed by atoms with Gasteiger partial charge < -0.3 is 5.11 Å². The third-order valence-electron chi connectivity index (χ3n) is 1.89. The van der Waals surface area contributed by atoms with Crippen molar-refractivity contribution in [3.8, 4) is 0 Å². The molecule has 0 spiro atoms. The highest BCUT2D eigenvalue weighted by atomic mass is 16.4. The highest BCUT2D eigenvalue weighted by Gasteiger charge is 2.07. The van der Waals surface area contributed by atoms with Gasteiger partial charge >= 0.3 is 5.97 Å². The number of aliphatic carboxylic acids is 1. The van der Waals surface area contributed by atoms with E-state index in [1.54, 1.807) is 4.68 Å². The highest BCUT2D eigenvalue weighted by molar-refractivity contribution is 5.66. The monoisotopic (exact) mass is 198 g/mol. The SMILES string of the molecule is CCCCn1nnnc1CCC(=O)O. The Balaban J connectivity index is 2.49. The van der Waals surface area contributed by atoms with Crippen molar-refractivity contribution in [2.45, 2.75) is 39.2 Å². The minimum atomic E-state index is -0.824. The molecule has 0 fully saturated rings. The smallest absolute Gasteiger partial charge is 0.303 e. The molecule has 0 amide bonds. The summed E-state index contributed by atoms with van der Waals surface area (Å²) in [7, 11) is 0. The highest BCUT2D eigenvalue weighted by Crippen LogP contribution is 2.00. The number of carbonyl (C=O) groups is 1. The summed E-state index contributed by atoms with van der Waals surface area (Å²) in [5, 5.41) is 19.6. The molecule has 1 rings (SSSR count). The predicted octanol–water partition coefficient (Wildman–Crippen LogP) is 0.490. The molecule has 78 valence electrons. The molecule has 0 saturated heterocycles. The van der Waals surface area contributed by atoms with Crippen LogP contribution in [-0.4, -0.2) is 31.3 Å². The maximum absolute atomic E-state index is 10.3.